The van der Waals surface area contributed by atoms with E-state index in [0.29, 0.717) is 31.9 Å². The molecular formula is C12H7Cl3FNO. The molecule has 0 saturated heterocycles. The van der Waals surface area contributed by atoms with Crippen molar-refractivity contribution in [2.45, 2.75) is 0 Å². The van der Waals surface area contributed by atoms with Gasteiger partial charge in [0.2, 0.25) is 5.95 Å². The number of halogens is 4. The first-order valence-electron chi connectivity index (χ1n) is 4.87. The minimum atomic E-state index is -0.632. The topological polar surface area (TPSA) is 22.1 Å². The molecule has 94 valence electrons. The van der Waals surface area contributed by atoms with Crippen molar-refractivity contribution in [3.8, 4) is 16.9 Å². The van der Waals surface area contributed by atoms with Crippen molar-refractivity contribution < 1.29 is 9.13 Å². The van der Waals surface area contributed by atoms with Crippen LogP contribution in [0.5, 0.6) is 5.75 Å². The summed E-state index contributed by atoms with van der Waals surface area (Å²) in [5, 5.41) is 1.02. The van der Waals surface area contributed by atoms with Crippen LogP contribution in [0.25, 0.3) is 11.1 Å². The maximum atomic E-state index is 13.2. The SMILES string of the molecule is COc1cnc(F)cc1-c1cc(Cl)c(Cl)cc1Cl. The number of ether oxygens (including phenoxy) is 1. The van der Waals surface area contributed by atoms with Gasteiger partial charge in [0.1, 0.15) is 5.75 Å². The molecule has 0 saturated carbocycles. The molecule has 2 rings (SSSR count). The Hall–Kier alpha value is -1.03. The van der Waals surface area contributed by atoms with Gasteiger partial charge >= 0.3 is 0 Å². The fourth-order valence-corrected chi connectivity index (χ4v) is 2.17. The molecule has 2 aromatic rings. The molecule has 0 bridgehead atoms. The molecule has 0 fully saturated rings. The van der Waals surface area contributed by atoms with Gasteiger partial charge in [-0.2, -0.15) is 4.39 Å². The molecule has 0 N–H and O–H groups in total. The number of hydrogen-bond donors (Lipinski definition) is 0. The van der Waals surface area contributed by atoms with E-state index in [1.807, 2.05) is 0 Å². The van der Waals surface area contributed by atoms with Crippen molar-refractivity contribution >= 4 is 34.8 Å². The van der Waals surface area contributed by atoms with Crippen LogP contribution in [0.15, 0.2) is 24.4 Å². The van der Waals surface area contributed by atoms with E-state index in [2.05, 4.69) is 4.98 Å². The Bertz CT molecular complexity index is 604. The molecule has 0 amide bonds. The van der Waals surface area contributed by atoms with Crippen molar-refractivity contribution in [2.24, 2.45) is 0 Å². The largest absolute Gasteiger partial charge is 0.494 e. The monoisotopic (exact) mass is 305 g/mol. The summed E-state index contributed by atoms with van der Waals surface area (Å²) in [7, 11) is 1.46. The third kappa shape index (κ3) is 2.53. The van der Waals surface area contributed by atoms with E-state index in [1.54, 1.807) is 6.07 Å². The zero-order valence-electron chi connectivity index (χ0n) is 9.18. The number of pyridine rings is 1. The van der Waals surface area contributed by atoms with Gasteiger partial charge in [0.25, 0.3) is 0 Å². The van der Waals surface area contributed by atoms with Gasteiger partial charge in [0.05, 0.1) is 28.4 Å². The number of rotatable bonds is 2. The van der Waals surface area contributed by atoms with Crippen molar-refractivity contribution in [1.82, 2.24) is 4.98 Å². The normalized spacial score (nSPS) is 10.5. The van der Waals surface area contributed by atoms with Crippen LogP contribution >= 0.6 is 34.8 Å². The van der Waals surface area contributed by atoms with E-state index >= 15 is 0 Å². The zero-order chi connectivity index (χ0) is 13.3. The van der Waals surface area contributed by atoms with Gasteiger partial charge in [-0.3, -0.25) is 0 Å². The van der Waals surface area contributed by atoms with E-state index < -0.39 is 5.95 Å². The minimum absolute atomic E-state index is 0.329. The fraction of sp³-hybridized carbons (Fsp3) is 0.0833. The Morgan fingerprint density at radius 2 is 1.67 bits per heavy atom. The highest BCUT2D eigenvalue weighted by Gasteiger charge is 2.14. The number of methoxy groups -OCH3 is 1. The van der Waals surface area contributed by atoms with Gasteiger partial charge in [-0.15, -0.1) is 0 Å². The van der Waals surface area contributed by atoms with Gasteiger partial charge in [0, 0.05) is 17.2 Å². The Kier molecular flexibility index (Phi) is 3.95. The first-order chi connectivity index (χ1) is 8.52. The van der Waals surface area contributed by atoms with Gasteiger partial charge in [-0.05, 0) is 12.1 Å². The quantitative estimate of drug-likeness (QED) is 0.584. The molecule has 6 heteroatoms. The first-order valence-corrected chi connectivity index (χ1v) is 6.00. The van der Waals surface area contributed by atoms with Gasteiger partial charge in [-0.1, -0.05) is 34.8 Å². The highest BCUT2D eigenvalue weighted by molar-refractivity contribution is 6.44. The highest BCUT2D eigenvalue weighted by Crippen LogP contribution is 2.39. The van der Waals surface area contributed by atoms with Crippen molar-refractivity contribution in [3.63, 3.8) is 0 Å². The van der Waals surface area contributed by atoms with E-state index in [-0.39, 0.29) is 0 Å². The lowest BCUT2D eigenvalue weighted by molar-refractivity contribution is 0.412. The summed E-state index contributed by atoms with van der Waals surface area (Å²) < 4.78 is 18.3. The predicted molar refractivity (Wildman–Crippen MR) is 71.2 cm³/mol. The third-order valence-electron chi connectivity index (χ3n) is 2.35. The Morgan fingerprint density at radius 1 is 1.00 bits per heavy atom. The molecule has 18 heavy (non-hydrogen) atoms. The molecule has 1 heterocycles. The Labute approximate surface area is 118 Å². The minimum Gasteiger partial charge on any atom is -0.494 e. The second-order valence-corrected chi connectivity index (χ2v) is 4.68. The molecule has 0 radical (unpaired) electrons. The number of aromatic nitrogens is 1. The summed E-state index contributed by atoms with van der Waals surface area (Å²) in [5.41, 5.74) is 0.998. The van der Waals surface area contributed by atoms with Crippen LogP contribution in [0.4, 0.5) is 4.39 Å². The molecule has 1 aromatic heterocycles. The van der Waals surface area contributed by atoms with E-state index in [4.69, 9.17) is 39.5 Å². The van der Waals surface area contributed by atoms with E-state index in [1.165, 1.54) is 25.4 Å². The lowest BCUT2D eigenvalue weighted by Crippen LogP contribution is -1.92. The molecule has 0 spiro atoms. The highest BCUT2D eigenvalue weighted by atomic mass is 35.5. The molecule has 0 aliphatic heterocycles. The van der Waals surface area contributed by atoms with Crippen LogP contribution in [0.2, 0.25) is 15.1 Å². The van der Waals surface area contributed by atoms with Crippen LogP contribution in [0.3, 0.4) is 0 Å². The van der Waals surface area contributed by atoms with E-state index in [9.17, 15) is 4.39 Å². The number of nitrogens with zero attached hydrogens (tertiary/aromatic N) is 1. The Morgan fingerprint density at radius 3 is 2.33 bits per heavy atom. The van der Waals surface area contributed by atoms with Crippen LogP contribution in [0.1, 0.15) is 0 Å². The number of hydrogen-bond acceptors (Lipinski definition) is 2. The first kappa shape index (κ1) is 13.4. The molecule has 0 atom stereocenters. The second-order valence-electron chi connectivity index (χ2n) is 3.45. The predicted octanol–water partition coefficient (Wildman–Crippen LogP) is 4.86. The Balaban J connectivity index is 2.68. The van der Waals surface area contributed by atoms with Crippen molar-refractivity contribution in [2.75, 3.05) is 7.11 Å². The van der Waals surface area contributed by atoms with Crippen LogP contribution in [-0.4, -0.2) is 12.1 Å². The maximum absolute atomic E-state index is 13.2. The summed E-state index contributed by atoms with van der Waals surface area (Å²) in [4.78, 5) is 3.51. The average Bonchev–Trinajstić information content (AvgIpc) is 2.34. The maximum Gasteiger partial charge on any atom is 0.213 e. The molecule has 0 unspecified atom stereocenters. The van der Waals surface area contributed by atoms with Crippen molar-refractivity contribution in [3.05, 3.63) is 45.4 Å². The van der Waals surface area contributed by atoms with Gasteiger partial charge < -0.3 is 4.74 Å². The van der Waals surface area contributed by atoms with Crippen LogP contribution in [0, 0.1) is 5.95 Å². The summed E-state index contributed by atoms with van der Waals surface area (Å²) in [6.45, 7) is 0. The summed E-state index contributed by atoms with van der Waals surface area (Å²) in [6, 6.07) is 4.28. The summed E-state index contributed by atoms with van der Waals surface area (Å²) in [5.74, 6) is -0.232. The molecular weight excluding hydrogens is 299 g/mol. The third-order valence-corrected chi connectivity index (χ3v) is 3.39. The van der Waals surface area contributed by atoms with Crippen LogP contribution < -0.4 is 4.74 Å². The van der Waals surface area contributed by atoms with Gasteiger partial charge in [0.15, 0.2) is 0 Å². The lowest BCUT2D eigenvalue weighted by Gasteiger charge is -2.10. The second kappa shape index (κ2) is 5.31. The molecule has 2 nitrogen and oxygen atoms in total. The van der Waals surface area contributed by atoms with Crippen LogP contribution in [-0.2, 0) is 0 Å². The molecule has 1 aromatic carbocycles. The average molecular weight is 307 g/mol. The van der Waals surface area contributed by atoms with Crippen molar-refractivity contribution in [1.29, 1.82) is 0 Å². The standard InChI is InChI=1S/C12H7Cl3FNO/c1-18-11-5-17-12(16)3-7(11)6-2-9(14)10(15)4-8(6)13/h2-5H,1H3. The molecule has 0 aliphatic rings. The smallest absolute Gasteiger partial charge is 0.213 e. The summed E-state index contributed by atoms with van der Waals surface area (Å²) >= 11 is 17.9. The van der Waals surface area contributed by atoms with E-state index in [0.717, 1.165) is 0 Å². The van der Waals surface area contributed by atoms with Gasteiger partial charge in [-0.25, -0.2) is 4.98 Å². The summed E-state index contributed by atoms with van der Waals surface area (Å²) in [6.07, 6.45) is 1.28. The molecule has 0 aliphatic carbocycles. The lowest BCUT2D eigenvalue weighted by atomic mass is 10.1. The zero-order valence-corrected chi connectivity index (χ0v) is 11.4. The number of benzene rings is 1. The fourth-order valence-electron chi connectivity index (χ4n) is 1.52.